The Bertz CT molecular complexity index is 605. The highest BCUT2D eigenvalue weighted by molar-refractivity contribution is 5.83. The van der Waals surface area contributed by atoms with Crippen LogP contribution in [0.1, 0.15) is 24.8 Å². The number of alkyl carbamates (subject to hydrolysis) is 1. The van der Waals surface area contributed by atoms with E-state index in [1.807, 2.05) is 18.2 Å². The van der Waals surface area contributed by atoms with Crippen molar-refractivity contribution in [3.63, 3.8) is 0 Å². The summed E-state index contributed by atoms with van der Waals surface area (Å²) >= 11 is 0. The van der Waals surface area contributed by atoms with Crippen LogP contribution in [0.4, 0.5) is 4.79 Å². The van der Waals surface area contributed by atoms with Gasteiger partial charge in [-0.15, -0.1) is 6.58 Å². The number of amides is 2. The number of carboxylic acid groups (broad SMARTS) is 1. The Kier molecular flexibility index (Phi) is 9.48. The van der Waals surface area contributed by atoms with E-state index in [2.05, 4.69) is 17.2 Å². The highest BCUT2D eigenvalue weighted by Gasteiger charge is 2.21. The summed E-state index contributed by atoms with van der Waals surface area (Å²) in [4.78, 5) is 34.4. The lowest BCUT2D eigenvalue weighted by Gasteiger charge is -2.16. The van der Waals surface area contributed by atoms with E-state index in [0.29, 0.717) is 6.42 Å². The molecule has 26 heavy (non-hydrogen) atoms. The highest BCUT2D eigenvalue weighted by atomic mass is 16.5. The van der Waals surface area contributed by atoms with Gasteiger partial charge in [-0.05, 0) is 18.4 Å². The molecule has 0 saturated carbocycles. The molecule has 1 aromatic rings. The lowest BCUT2D eigenvalue weighted by Crippen LogP contribution is -2.43. The van der Waals surface area contributed by atoms with E-state index in [1.54, 1.807) is 18.2 Å². The molecule has 8 heteroatoms. The van der Waals surface area contributed by atoms with Crippen molar-refractivity contribution in [2.75, 3.05) is 6.54 Å². The van der Waals surface area contributed by atoms with E-state index in [1.165, 1.54) is 0 Å². The third kappa shape index (κ3) is 8.84. The van der Waals surface area contributed by atoms with Crippen molar-refractivity contribution in [3.8, 4) is 0 Å². The summed E-state index contributed by atoms with van der Waals surface area (Å²) in [7, 11) is 0. The molecule has 0 aliphatic rings. The Hall–Kier alpha value is -2.87. The maximum atomic E-state index is 11.8. The van der Waals surface area contributed by atoms with E-state index in [-0.39, 0.29) is 26.0 Å². The minimum absolute atomic E-state index is 0.0901. The number of rotatable bonds is 11. The number of hydrogen-bond acceptors (Lipinski definition) is 5. The van der Waals surface area contributed by atoms with Crippen molar-refractivity contribution >= 4 is 18.0 Å². The quantitative estimate of drug-likeness (QED) is 0.437. The molecule has 0 radical (unpaired) electrons. The van der Waals surface area contributed by atoms with Gasteiger partial charge in [-0.25, -0.2) is 9.59 Å². The molecule has 142 valence electrons. The van der Waals surface area contributed by atoms with Crippen LogP contribution in [0.15, 0.2) is 43.0 Å². The number of ether oxygens (including phenoxy) is 1. The van der Waals surface area contributed by atoms with Gasteiger partial charge in [0.15, 0.2) is 0 Å². The van der Waals surface area contributed by atoms with Crippen LogP contribution in [0.2, 0.25) is 0 Å². The van der Waals surface area contributed by atoms with E-state index >= 15 is 0 Å². The standard InChI is InChI=1S/C18H24N2O6/c1-2-3-9-15(17(23)24)20-16(22)10-14(21)11-19-18(25)26-12-13-7-5-4-6-8-13/h2,4-8,14-15,21H,1,3,9-12H2,(H,19,25)(H,20,22)(H,23,24)/t14-,15-/m0/s1. The second kappa shape index (κ2) is 11.6. The molecule has 0 saturated heterocycles. The van der Waals surface area contributed by atoms with Gasteiger partial charge in [0.1, 0.15) is 12.6 Å². The second-order valence-corrected chi connectivity index (χ2v) is 5.62. The molecule has 0 spiro atoms. The molecule has 0 unspecified atom stereocenters. The topological polar surface area (TPSA) is 125 Å². The SMILES string of the molecule is C=CCC[C@H](NC(=O)C[C@H](O)CNC(=O)OCc1ccccc1)C(=O)O. The van der Waals surface area contributed by atoms with Gasteiger partial charge in [0.05, 0.1) is 12.5 Å². The zero-order valence-corrected chi connectivity index (χ0v) is 14.4. The van der Waals surface area contributed by atoms with Gasteiger partial charge in [0, 0.05) is 6.54 Å². The molecule has 0 fully saturated rings. The first-order valence-corrected chi connectivity index (χ1v) is 8.18. The smallest absolute Gasteiger partial charge is 0.407 e. The van der Waals surface area contributed by atoms with Crippen LogP contribution in [0.5, 0.6) is 0 Å². The Morgan fingerprint density at radius 3 is 2.54 bits per heavy atom. The predicted octanol–water partition coefficient (Wildman–Crippen LogP) is 1.20. The van der Waals surface area contributed by atoms with Gasteiger partial charge in [-0.1, -0.05) is 36.4 Å². The summed E-state index contributed by atoms with van der Waals surface area (Å²) in [6.45, 7) is 3.40. The first kappa shape index (κ1) is 21.2. The zero-order chi connectivity index (χ0) is 19.4. The number of allylic oxidation sites excluding steroid dienone is 1. The molecule has 1 aromatic carbocycles. The minimum Gasteiger partial charge on any atom is -0.480 e. The van der Waals surface area contributed by atoms with Crippen molar-refractivity contribution < 1.29 is 29.3 Å². The van der Waals surface area contributed by atoms with Crippen molar-refractivity contribution in [1.29, 1.82) is 0 Å². The Morgan fingerprint density at radius 2 is 1.92 bits per heavy atom. The molecule has 4 N–H and O–H groups in total. The number of carboxylic acids is 1. The van der Waals surface area contributed by atoms with Gasteiger partial charge in [0.25, 0.3) is 0 Å². The fourth-order valence-corrected chi connectivity index (χ4v) is 2.06. The van der Waals surface area contributed by atoms with Crippen molar-refractivity contribution in [3.05, 3.63) is 48.6 Å². The van der Waals surface area contributed by atoms with Gasteiger partial charge < -0.3 is 25.6 Å². The Labute approximate surface area is 151 Å². The summed E-state index contributed by atoms with van der Waals surface area (Å²) in [6.07, 6.45) is -0.00575. The number of aliphatic carboxylic acids is 1. The predicted molar refractivity (Wildman–Crippen MR) is 94.3 cm³/mol. The fourth-order valence-electron chi connectivity index (χ4n) is 2.06. The van der Waals surface area contributed by atoms with Crippen molar-refractivity contribution in [1.82, 2.24) is 10.6 Å². The number of aliphatic hydroxyl groups is 1. The molecular weight excluding hydrogens is 340 g/mol. The number of benzene rings is 1. The normalized spacial score (nSPS) is 12.5. The van der Waals surface area contributed by atoms with Crippen LogP contribution in [0.25, 0.3) is 0 Å². The third-order valence-electron chi connectivity index (χ3n) is 3.41. The molecule has 0 aliphatic heterocycles. The number of aliphatic hydroxyl groups excluding tert-OH is 1. The molecule has 8 nitrogen and oxygen atoms in total. The molecule has 0 heterocycles. The molecule has 1 rings (SSSR count). The van der Waals surface area contributed by atoms with Crippen LogP contribution >= 0.6 is 0 Å². The van der Waals surface area contributed by atoms with Crippen LogP contribution in [-0.4, -0.2) is 46.9 Å². The minimum atomic E-state index is -1.16. The van der Waals surface area contributed by atoms with Crippen molar-refractivity contribution in [2.24, 2.45) is 0 Å². The average molecular weight is 364 g/mol. The van der Waals surface area contributed by atoms with E-state index < -0.39 is 30.1 Å². The number of hydrogen-bond donors (Lipinski definition) is 4. The van der Waals surface area contributed by atoms with E-state index in [4.69, 9.17) is 9.84 Å². The maximum absolute atomic E-state index is 11.8. The first-order valence-electron chi connectivity index (χ1n) is 8.18. The van der Waals surface area contributed by atoms with E-state index in [9.17, 15) is 19.5 Å². The molecule has 0 aliphatic carbocycles. The molecule has 0 aromatic heterocycles. The first-order chi connectivity index (χ1) is 12.4. The molecule has 2 amide bonds. The summed E-state index contributed by atoms with van der Waals surface area (Å²) < 4.78 is 4.97. The van der Waals surface area contributed by atoms with Crippen LogP contribution in [-0.2, 0) is 20.9 Å². The largest absolute Gasteiger partial charge is 0.480 e. The molecule has 2 atom stereocenters. The summed E-state index contributed by atoms with van der Waals surface area (Å²) in [6, 6.07) is 8.04. The number of carbonyl (C=O) groups excluding carboxylic acids is 2. The van der Waals surface area contributed by atoms with Crippen LogP contribution < -0.4 is 10.6 Å². The summed E-state index contributed by atoms with van der Waals surface area (Å²) in [5.74, 6) is -1.77. The zero-order valence-electron chi connectivity index (χ0n) is 14.4. The van der Waals surface area contributed by atoms with Gasteiger partial charge in [0.2, 0.25) is 5.91 Å². The summed E-state index contributed by atoms with van der Waals surface area (Å²) in [5, 5.41) is 23.5. The number of nitrogens with one attached hydrogen (secondary N) is 2. The number of carbonyl (C=O) groups is 3. The fraction of sp³-hybridized carbons (Fsp3) is 0.389. The molecular formula is C18H24N2O6. The lowest BCUT2D eigenvalue weighted by atomic mass is 10.1. The summed E-state index contributed by atoms with van der Waals surface area (Å²) in [5.41, 5.74) is 0.821. The maximum Gasteiger partial charge on any atom is 0.407 e. The third-order valence-corrected chi connectivity index (χ3v) is 3.41. The molecule has 0 bridgehead atoms. The lowest BCUT2D eigenvalue weighted by molar-refractivity contribution is -0.142. The second-order valence-electron chi connectivity index (χ2n) is 5.62. The van der Waals surface area contributed by atoms with Gasteiger partial charge in [-0.3, -0.25) is 4.79 Å². The van der Waals surface area contributed by atoms with Gasteiger partial charge >= 0.3 is 12.1 Å². The monoisotopic (exact) mass is 364 g/mol. The van der Waals surface area contributed by atoms with Gasteiger partial charge in [-0.2, -0.15) is 0 Å². The van der Waals surface area contributed by atoms with Crippen LogP contribution in [0, 0.1) is 0 Å². The van der Waals surface area contributed by atoms with E-state index in [0.717, 1.165) is 5.56 Å². The average Bonchev–Trinajstić information content (AvgIpc) is 2.62. The highest BCUT2D eigenvalue weighted by Crippen LogP contribution is 2.02. The van der Waals surface area contributed by atoms with Crippen LogP contribution in [0.3, 0.4) is 0 Å². The van der Waals surface area contributed by atoms with Crippen molar-refractivity contribution in [2.45, 2.75) is 38.0 Å². The Balaban J connectivity index is 2.28. The Morgan fingerprint density at radius 1 is 1.23 bits per heavy atom.